The molecule has 2 aromatic carbocycles. The van der Waals surface area contributed by atoms with Crippen LogP contribution in [-0.4, -0.2) is 39.8 Å². The molecule has 1 aliphatic rings. The van der Waals surface area contributed by atoms with Crippen LogP contribution in [0.2, 0.25) is 0 Å². The maximum absolute atomic E-state index is 6.16. The molecule has 31 heavy (non-hydrogen) atoms. The predicted octanol–water partition coefficient (Wildman–Crippen LogP) is 4.90. The summed E-state index contributed by atoms with van der Waals surface area (Å²) in [4.78, 5) is 6.90. The van der Waals surface area contributed by atoms with Crippen LogP contribution in [0.1, 0.15) is 42.6 Å². The number of nitrogens with zero attached hydrogens (tertiary/aromatic N) is 2. The van der Waals surface area contributed by atoms with Crippen LogP contribution in [0.15, 0.2) is 53.5 Å². The van der Waals surface area contributed by atoms with Gasteiger partial charge in [-0.2, -0.15) is 0 Å². The lowest BCUT2D eigenvalue weighted by atomic mass is 9.89. The Bertz CT molecular complexity index is 805. The molecule has 0 spiro atoms. The molecule has 2 aromatic rings. The molecule has 0 saturated carbocycles. The maximum Gasteiger partial charge on any atom is 0.191 e. The summed E-state index contributed by atoms with van der Waals surface area (Å²) in [5, 5.41) is 6.93. The van der Waals surface area contributed by atoms with Gasteiger partial charge in [0.05, 0.1) is 12.6 Å². The van der Waals surface area contributed by atoms with Crippen LogP contribution in [0.25, 0.3) is 0 Å². The van der Waals surface area contributed by atoms with Crippen LogP contribution >= 0.6 is 24.0 Å². The minimum absolute atomic E-state index is 0. The van der Waals surface area contributed by atoms with Crippen LogP contribution < -0.4 is 15.5 Å². The van der Waals surface area contributed by atoms with E-state index in [4.69, 9.17) is 9.73 Å². The molecule has 2 unspecified atom stereocenters. The minimum atomic E-state index is 0. The zero-order valence-electron chi connectivity index (χ0n) is 19.2. The molecule has 1 aliphatic heterocycles. The van der Waals surface area contributed by atoms with E-state index in [1.165, 1.54) is 22.4 Å². The zero-order chi connectivity index (χ0) is 21.3. The Morgan fingerprint density at radius 3 is 2.42 bits per heavy atom. The number of hydrogen-bond donors (Lipinski definition) is 2. The van der Waals surface area contributed by atoms with Crippen LogP contribution in [0.3, 0.4) is 0 Å². The van der Waals surface area contributed by atoms with Crippen LogP contribution in [-0.2, 0) is 11.3 Å². The minimum Gasteiger partial charge on any atom is -0.378 e. The molecule has 1 fully saturated rings. The van der Waals surface area contributed by atoms with Gasteiger partial charge in [0.25, 0.3) is 0 Å². The first-order valence-corrected chi connectivity index (χ1v) is 11.0. The van der Waals surface area contributed by atoms with Crippen molar-refractivity contribution < 1.29 is 4.74 Å². The molecule has 1 saturated heterocycles. The van der Waals surface area contributed by atoms with Crippen molar-refractivity contribution in [3.05, 3.63) is 65.2 Å². The zero-order valence-corrected chi connectivity index (χ0v) is 21.6. The van der Waals surface area contributed by atoms with Gasteiger partial charge in [0, 0.05) is 45.4 Å². The molecule has 2 N–H and O–H groups in total. The van der Waals surface area contributed by atoms with Crippen molar-refractivity contribution in [1.82, 2.24) is 10.6 Å². The summed E-state index contributed by atoms with van der Waals surface area (Å²) in [7, 11) is 4.11. The highest BCUT2D eigenvalue weighted by atomic mass is 127. The Kier molecular flexibility index (Phi) is 10.6. The molecule has 3 rings (SSSR count). The Morgan fingerprint density at radius 1 is 1.06 bits per heavy atom. The quantitative estimate of drug-likeness (QED) is 0.300. The second-order valence-corrected chi connectivity index (χ2v) is 8.24. The van der Waals surface area contributed by atoms with Crippen molar-refractivity contribution in [1.29, 1.82) is 0 Å². The molecule has 6 heteroatoms. The predicted molar refractivity (Wildman–Crippen MR) is 142 cm³/mol. The first-order chi connectivity index (χ1) is 14.6. The first-order valence-electron chi connectivity index (χ1n) is 11.0. The molecule has 170 valence electrons. The lowest BCUT2D eigenvalue weighted by molar-refractivity contribution is -0.0265. The second-order valence-electron chi connectivity index (χ2n) is 8.24. The van der Waals surface area contributed by atoms with Gasteiger partial charge in [-0.05, 0) is 49.9 Å². The van der Waals surface area contributed by atoms with E-state index < -0.39 is 0 Å². The van der Waals surface area contributed by atoms with Gasteiger partial charge in [-0.15, -0.1) is 24.0 Å². The van der Waals surface area contributed by atoms with E-state index in [0.717, 1.165) is 38.5 Å². The topological polar surface area (TPSA) is 48.9 Å². The molecular weight excluding hydrogens is 499 g/mol. The lowest BCUT2D eigenvalue weighted by Crippen LogP contribution is -2.42. The van der Waals surface area contributed by atoms with Gasteiger partial charge in [0.2, 0.25) is 0 Å². The van der Waals surface area contributed by atoms with Gasteiger partial charge in [-0.25, -0.2) is 4.99 Å². The smallest absolute Gasteiger partial charge is 0.191 e. The van der Waals surface area contributed by atoms with Gasteiger partial charge in [0.1, 0.15) is 0 Å². The number of aliphatic imine (C=N–C) groups is 1. The Labute approximate surface area is 204 Å². The highest BCUT2D eigenvalue weighted by Gasteiger charge is 2.27. The summed E-state index contributed by atoms with van der Waals surface area (Å²) >= 11 is 0. The third-order valence-corrected chi connectivity index (χ3v) is 5.60. The summed E-state index contributed by atoms with van der Waals surface area (Å²) < 4.78 is 6.16. The van der Waals surface area contributed by atoms with Crippen molar-refractivity contribution in [3.63, 3.8) is 0 Å². The molecule has 2 atom stereocenters. The van der Waals surface area contributed by atoms with Crippen molar-refractivity contribution in [2.24, 2.45) is 10.9 Å². The van der Waals surface area contributed by atoms with E-state index in [1.807, 2.05) is 0 Å². The number of hydrogen-bond acceptors (Lipinski definition) is 3. The number of benzene rings is 2. The van der Waals surface area contributed by atoms with E-state index >= 15 is 0 Å². The second kappa shape index (κ2) is 12.9. The summed E-state index contributed by atoms with van der Waals surface area (Å²) in [5.41, 5.74) is 4.96. The van der Waals surface area contributed by atoms with Gasteiger partial charge in [0.15, 0.2) is 5.96 Å². The molecule has 1 heterocycles. The molecule has 0 amide bonds. The fraction of sp³-hybridized carbons (Fsp3) is 0.480. The number of guanidine groups is 1. The van der Waals surface area contributed by atoms with E-state index in [0.29, 0.717) is 12.5 Å². The molecule has 0 aliphatic carbocycles. The summed E-state index contributed by atoms with van der Waals surface area (Å²) in [6, 6.07) is 17.3. The molecule has 0 bridgehead atoms. The fourth-order valence-corrected chi connectivity index (χ4v) is 3.82. The average Bonchev–Trinajstić information content (AvgIpc) is 2.77. The number of halogens is 1. The summed E-state index contributed by atoms with van der Waals surface area (Å²) in [5.74, 6) is 1.30. The standard InChI is InChI=1S/C25H36N4O.HI/c1-5-26-25(27-17-20-10-14-23(15-11-20)29(3)4)28-18-22-7-6-16-30-24(22)21-12-8-19(2)9-13-21;/h8-15,22,24H,5-7,16-18H2,1-4H3,(H2,26,27,28);1H. The van der Waals surface area contributed by atoms with Gasteiger partial charge in [-0.3, -0.25) is 0 Å². The van der Waals surface area contributed by atoms with E-state index in [9.17, 15) is 0 Å². The first kappa shape index (κ1) is 25.5. The van der Waals surface area contributed by atoms with Crippen LogP contribution in [0.4, 0.5) is 5.69 Å². The Hall–Kier alpha value is -1.80. The fourth-order valence-electron chi connectivity index (χ4n) is 3.82. The third kappa shape index (κ3) is 7.68. The molecular formula is C25H37IN4O. The highest BCUT2D eigenvalue weighted by Crippen LogP contribution is 2.33. The van der Waals surface area contributed by atoms with E-state index in [-0.39, 0.29) is 30.1 Å². The normalized spacial score (nSPS) is 18.8. The number of anilines is 1. The Balaban J connectivity index is 0.00000341. The van der Waals surface area contributed by atoms with Gasteiger partial charge >= 0.3 is 0 Å². The monoisotopic (exact) mass is 536 g/mol. The number of aryl methyl sites for hydroxylation is 1. The van der Waals surface area contributed by atoms with Gasteiger partial charge < -0.3 is 20.3 Å². The average molecular weight is 537 g/mol. The van der Waals surface area contributed by atoms with Crippen LogP contribution in [0, 0.1) is 12.8 Å². The maximum atomic E-state index is 6.16. The van der Waals surface area contributed by atoms with Crippen molar-refractivity contribution in [2.75, 3.05) is 38.7 Å². The number of nitrogens with one attached hydrogen (secondary N) is 2. The molecule has 5 nitrogen and oxygen atoms in total. The highest BCUT2D eigenvalue weighted by molar-refractivity contribution is 14.0. The summed E-state index contributed by atoms with van der Waals surface area (Å²) in [6.07, 6.45) is 2.42. The molecule has 0 aromatic heterocycles. The van der Waals surface area contributed by atoms with Crippen molar-refractivity contribution in [2.45, 2.75) is 39.3 Å². The Morgan fingerprint density at radius 2 is 1.77 bits per heavy atom. The van der Waals surface area contributed by atoms with Crippen molar-refractivity contribution in [3.8, 4) is 0 Å². The SMILES string of the molecule is CCNC(=NCc1ccc(N(C)C)cc1)NCC1CCCOC1c1ccc(C)cc1.I. The van der Waals surface area contributed by atoms with E-state index in [2.05, 4.69) is 92.0 Å². The van der Waals surface area contributed by atoms with Crippen molar-refractivity contribution >= 4 is 35.6 Å². The summed E-state index contributed by atoms with van der Waals surface area (Å²) in [6.45, 7) is 7.41. The van der Waals surface area contributed by atoms with E-state index in [1.54, 1.807) is 0 Å². The van der Waals surface area contributed by atoms with Gasteiger partial charge in [-0.1, -0.05) is 42.0 Å². The largest absolute Gasteiger partial charge is 0.378 e. The molecule has 0 radical (unpaired) electrons. The third-order valence-electron chi connectivity index (χ3n) is 5.60. The number of rotatable bonds is 7. The lowest BCUT2D eigenvalue weighted by Gasteiger charge is -2.32. The van der Waals surface area contributed by atoms with Crippen LogP contribution in [0.5, 0.6) is 0 Å². The number of ether oxygens (including phenoxy) is 1.